The van der Waals surface area contributed by atoms with Crippen LogP contribution in [0.25, 0.3) is 22.1 Å². The lowest BCUT2D eigenvalue weighted by atomic mass is 10.2. The Labute approximate surface area is 178 Å². The summed E-state index contributed by atoms with van der Waals surface area (Å²) < 4.78 is 0. The number of aromatic nitrogens is 4. The number of benzene rings is 3. The van der Waals surface area contributed by atoms with E-state index >= 15 is 0 Å². The van der Waals surface area contributed by atoms with Crippen molar-refractivity contribution in [2.24, 2.45) is 0 Å². The van der Waals surface area contributed by atoms with Gasteiger partial charge in [-0.3, -0.25) is 9.97 Å². The van der Waals surface area contributed by atoms with Crippen LogP contribution in [-0.2, 0) is 6.54 Å². The molecule has 5 aromatic rings. The Balaban J connectivity index is 1.51. The highest BCUT2D eigenvalue weighted by atomic mass is 35.5. The summed E-state index contributed by atoms with van der Waals surface area (Å²) in [7, 11) is 0. The first kappa shape index (κ1) is 18.3. The Morgan fingerprint density at radius 2 is 1.40 bits per heavy atom. The van der Waals surface area contributed by atoms with Crippen molar-refractivity contribution in [2.45, 2.75) is 6.54 Å². The molecule has 3 aromatic carbocycles. The smallest absolute Gasteiger partial charge is 0.174 e. The van der Waals surface area contributed by atoms with Crippen LogP contribution in [0.2, 0.25) is 5.02 Å². The topological polar surface area (TPSA) is 75.6 Å². The fourth-order valence-electron chi connectivity index (χ4n) is 3.21. The predicted molar refractivity (Wildman–Crippen MR) is 121 cm³/mol. The highest BCUT2D eigenvalue weighted by Crippen LogP contribution is 2.27. The molecule has 0 bridgehead atoms. The summed E-state index contributed by atoms with van der Waals surface area (Å²) in [6.45, 7) is 0.532. The quantitative estimate of drug-likeness (QED) is 0.392. The lowest BCUT2D eigenvalue weighted by molar-refractivity contribution is 1.11. The molecule has 0 aliphatic heterocycles. The molecule has 0 radical (unpaired) electrons. The van der Waals surface area contributed by atoms with E-state index < -0.39 is 0 Å². The van der Waals surface area contributed by atoms with Crippen LogP contribution in [0, 0.1) is 0 Å². The standard InChI is InChI=1S/C23H17ClN6/c24-17-6-2-1-5-15(17)14-27-22-23(30-20-8-4-3-7-19(20)29-22)28-16-9-10-18-21(13-16)26-12-11-25-18/h1-13H,14H2,(H,27,29)(H,28,30). The summed E-state index contributed by atoms with van der Waals surface area (Å²) in [6, 6.07) is 21.3. The van der Waals surface area contributed by atoms with Gasteiger partial charge in [0.2, 0.25) is 0 Å². The maximum atomic E-state index is 6.31. The maximum Gasteiger partial charge on any atom is 0.174 e. The van der Waals surface area contributed by atoms with Gasteiger partial charge in [-0.15, -0.1) is 0 Å². The van der Waals surface area contributed by atoms with E-state index in [1.165, 1.54) is 0 Å². The largest absolute Gasteiger partial charge is 0.363 e. The minimum absolute atomic E-state index is 0.532. The third kappa shape index (κ3) is 3.73. The molecule has 2 heterocycles. The van der Waals surface area contributed by atoms with E-state index in [0.717, 1.165) is 33.3 Å². The lowest BCUT2D eigenvalue weighted by Crippen LogP contribution is -2.07. The van der Waals surface area contributed by atoms with Gasteiger partial charge in [0.15, 0.2) is 11.6 Å². The molecule has 0 aliphatic carbocycles. The van der Waals surface area contributed by atoms with Gasteiger partial charge in [0.05, 0.1) is 22.1 Å². The van der Waals surface area contributed by atoms with Crippen molar-refractivity contribution in [3.05, 3.63) is 89.7 Å². The van der Waals surface area contributed by atoms with E-state index in [0.29, 0.717) is 23.2 Å². The molecule has 30 heavy (non-hydrogen) atoms. The maximum absolute atomic E-state index is 6.31. The van der Waals surface area contributed by atoms with Crippen molar-refractivity contribution >= 4 is 51.0 Å². The number of hydrogen-bond donors (Lipinski definition) is 2. The first-order chi connectivity index (χ1) is 14.8. The molecule has 0 aliphatic rings. The first-order valence-electron chi connectivity index (χ1n) is 9.48. The van der Waals surface area contributed by atoms with E-state index in [9.17, 15) is 0 Å². The van der Waals surface area contributed by atoms with Crippen molar-refractivity contribution in [3.63, 3.8) is 0 Å². The van der Waals surface area contributed by atoms with E-state index in [-0.39, 0.29) is 0 Å². The van der Waals surface area contributed by atoms with Gasteiger partial charge in [0, 0.05) is 29.6 Å². The van der Waals surface area contributed by atoms with Gasteiger partial charge >= 0.3 is 0 Å². The molecule has 0 amide bonds. The highest BCUT2D eigenvalue weighted by molar-refractivity contribution is 6.31. The van der Waals surface area contributed by atoms with Gasteiger partial charge in [-0.05, 0) is 42.0 Å². The molecule has 0 saturated carbocycles. The predicted octanol–water partition coefficient (Wildman–Crippen LogP) is 5.58. The summed E-state index contributed by atoms with van der Waals surface area (Å²) in [6.07, 6.45) is 3.36. The minimum atomic E-state index is 0.532. The fraction of sp³-hybridized carbons (Fsp3) is 0.0435. The molecule has 5 rings (SSSR count). The lowest BCUT2D eigenvalue weighted by Gasteiger charge is -2.14. The van der Waals surface area contributed by atoms with Crippen molar-refractivity contribution in [1.82, 2.24) is 19.9 Å². The first-order valence-corrected chi connectivity index (χ1v) is 9.86. The zero-order valence-electron chi connectivity index (χ0n) is 15.9. The van der Waals surface area contributed by atoms with Gasteiger partial charge in [-0.1, -0.05) is 41.9 Å². The molecule has 6 nitrogen and oxygen atoms in total. The minimum Gasteiger partial charge on any atom is -0.363 e. The van der Waals surface area contributed by atoms with E-state index in [4.69, 9.17) is 21.6 Å². The second kappa shape index (κ2) is 7.93. The van der Waals surface area contributed by atoms with Crippen LogP contribution in [0.3, 0.4) is 0 Å². The van der Waals surface area contributed by atoms with Crippen molar-refractivity contribution in [2.75, 3.05) is 10.6 Å². The van der Waals surface area contributed by atoms with Crippen LogP contribution >= 0.6 is 11.6 Å². The van der Waals surface area contributed by atoms with E-state index in [1.807, 2.05) is 66.7 Å². The molecular weight excluding hydrogens is 396 g/mol. The number of halogens is 1. The molecule has 0 saturated heterocycles. The summed E-state index contributed by atoms with van der Waals surface area (Å²) >= 11 is 6.31. The molecule has 0 fully saturated rings. The summed E-state index contributed by atoms with van der Waals surface area (Å²) in [4.78, 5) is 18.2. The number of nitrogens with one attached hydrogen (secondary N) is 2. The molecule has 2 aromatic heterocycles. The van der Waals surface area contributed by atoms with Gasteiger partial charge < -0.3 is 10.6 Å². The average Bonchev–Trinajstić information content (AvgIpc) is 2.78. The number of rotatable bonds is 5. The second-order valence-electron chi connectivity index (χ2n) is 6.74. The Bertz CT molecular complexity index is 1350. The number of hydrogen-bond acceptors (Lipinski definition) is 6. The number of para-hydroxylation sites is 2. The molecule has 0 unspecified atom stereocenters. The summed E-state index contributed by atoms with van der Waals surface area (Å²) in [5.41, 5.74) is 5.11. The fourth-order valence-corrected chi connectivity index (χ4v) is 3.41. The van der Waals surface area contributed by atoms with Gasteiger partial charge in [-0.2, -0.15) is 0 Å². The number of anilines is 3. The zero-order valence-corrected chi connectivity index (χ0v) is 16.6. The Morgan fingerprint density at radius 1 is 0.700 bits per heavy atom. The molecule has 2 N–H and O–H groups in total. The average molecular weight is 413 g/mol. The summed E-state index contributed by atoms with van der Waals surface area (Å²) in [5, 5.41) is 7.45. The Kier molecular flexibility index (Phi) is 4.83. The van der Waals surface area contributed by atoms with Crippen molar-refractivity contribution in [1.29, 1.82) is 0 Å². The van der Waals surface area contributed by atoms with Crippen LogP contribution < -0.4 is 10.6 Å². The third-order valence-electron chi connectivity index (χ3n) is 4.71. The third-order valence-corrected chi connectivity index (χ3v) is 5.08. The SMILES string of the molecule is Clc1ccccc1CNc1nc2ccccc2nc1Nc1ccc2nccnc2c1. The van der Waals surface area contributed by atoms with Gasteiger partial charge in [-0.25, -0.2) is 9.97 Å². The molecule has 0 spiro atoms. The van der Waals surface area contributed by atoms with Crippen LogP contribution in [-0.4, -0.2) is 19.9 Å². The Hall–Kier alpha value is -3.77. The summed E-state index contributed by atoms with van der Waals surface area (Å²) in [5.74, 6) is 1.27. The van der Waals surface area contributed by atoms with Crippen LogP contribution in [0.4, 0.5) is 17.3 Å². The van der Waals surface area contributed by atoms with E-state index in [2.05, 4.69) is 20.6 Å². The Morgan fingerprint density at radius 3 is 2.20 bits per heavy atom. The molecule has 7 heteroatoms. The zero-order chi connectivity index (χ0) is 20.3. The van der Waals surface area contributed by atoms with Crippen LogP contribution in [0.5, 0.6) is 0 Å². The van der Waals surface area contributed by atoms with Gasteiger partial charge in [0.25, 0.3) is 0 Å². The van der Waals surface area contributed by atoms with E-state index in [1.54, 1.807) is 12.4 Å². The normalized spacial score (nSPS) is 11.0. The van der Waals surface area contributed by atoms with Crippen LogP contribution in [0.15, 0.2) is 79.1 Å². The monoisotopic (exact) mass is 412 g/mol. The van der Waals surface area contributed by atoms with Crippen molar-refractivity contribution in [3.8, 4) is 0 Å². The molecule has 146 valence electrons. The van der Waals surface area contributed by atoms with Crippen molar-refractivity contribution < 1.29 is 0 Å². The van der Waals surface area contributed by atoms with Gasteiger partial charge in [0.1, 0.15) is 0 Å². The number of fused-ring (bicyclic) bond motifs is 2. The highest BCUT2D eigenvalue weighted by Gasteiger charge is 2.11. The van der Waals surface area contributed by atoms with Crippen LogP contribution in [0.1, 0.15) is 5.56 Å². The second-order valence-corrected chi connectivity index (χ2v) is 7.15. The number of nitrogens with zero attached hydrogens (tertiary/aromatic N) is 4. The molecule has 0 atom stereocenters. The molecular formula is C23H17ClN6.